The maximum Gasteiger partial charge on any atom is 0.341 e. The van der Waals surface area contributed by atoms with E-state index in [0.717, 1.165) is 20.5 Å². The van der Waals surface area contributed by atoms with E-state index in [-0.39, 0.29) is 12.2 Å². The zero-order chi connectivity index (χ0) is 22.5. The van der Waals surface area contributed by atoms with Crippen LogP contribution in [0, 0.1) is 25.2 Å². The molecule has 2 aromatic heterocycles. The molecule has 0 aliphatic rings. The molecule has 2 heterocycles. The Morgan fingerprint density at radius 2 is 1.94 bits per heavy atom. The summed E-state index contributed by atoms with van der Waals surface area (Å²) in [5.74, 6) is -0.150. The highest BCUT2D eigenvalue weighted by Gasteiger charge is 2.23. The van der Waals surface area contributed by atoms with Crippen LogP contribution in [0.25, 0.3) is 17.4 Å². The second-order valence-corrected chi connectivity index (χ2v) is 8.68. The molecule has 31 heavy (non-hydrogen) atoms. The van der Waals surface area contributed by atoms with Crippen LogP contribution >= 0.6 is 27.3 Å². The van der Waals surface area contributed by atoms with Gasteiger partial charge < -0.3 is 14.5 Å². The number of rotatable bonds is 6. The van der Waals surface area contributed by atoms with E-state index in [4.69, 9.17) is 9.15 Å². The molecule has 0 radical (unpaired) electrons. The number of carbonyl (C=O) groups excluding carboxylic acids is 2. The molecule has 0 saturated carbocycles. The van der Waals surface area contributed by atoms with E-state index in [9.17, 15) is 14.9 Å². The van der Waals surface area contributed by atoms with Crippen LogP contribution in [0.5, 0.6) is 0 Å². The van der Waals surface area contributed by atoms with Crippen molar-refractivity contribution >= 4 is 50.2 Å². The molecule has 0 spiro atoms. The van der Waals surface area contributed by atoms with Gasteiger partial charge in [-0.05, 0) is 50.6 Å². The van der Waals surface area contributed by atoms with Crippen molar-refractivity contribution < 1.29 is 18.7 Å². The number of amides is 1. The Kier molecular flexibility index (Phi) is 7.10. The number of hydrogen-bond donors (Lipinski definition) is 1. The van der Waals surface area contributed by atoms with Gasteiger partial charge in [-0.3, -0.25) is 4.79 Å². The molecule has 0 atom stereocenters. The van der Waals surface area contributed by atoms with E-state index in [1.165, 1.54) is 17.4 Å². The highest BCUT2D eigenvalue weighted by molar-refractivity contribution is 9.10. The normalized spacial score (nSPS) is 11.1. The summed E-state index contributed by atoms with van der Waals surface area (Å²) in [6, 6.07) is 12.9. The minimum Gasteiger partial charge on any atom is -0.462 e. The van der Waals surface area contributed by atoms with Gasteiger partial charge >= 0.3 is 5.97 Å². The molecule has 1 N–H and O–H groups in total. The van der Waals surface area contributed by atoms with Crippen LogP contribution in [-0.2, 0) is 9.53 Å². The molecular formula is C23H19BrN2O4S. The number of furan rings is 1. The van der Waals surface area contributed by atoms with Crippen LogP contribution in [-0.4, -0.2) is 18.5 Å². The van der Waals surface area contributed by atoms with E-state index >= 15 is 0 Å². The summed E-state index contributed by atoms with van der Waals surface area (Å²) in [7, 11) is 0. The number of anilines is 1. The monoisotopic (exact) mass is 498 g/mol. The first kappa shape index (κ1) is 22.5. The largest absolute Gasteiger partial charge is 0.462 e. The fourth-order valence-corrected chi connectivity index (χ4v) is 4.13. The molecule has 1 amide bonds. The molecule has 8 heteroatoms. The lowest BCUT2D eigenvalue weighted by atomic mass is 10.1. The van der Waals surface area contributed by atoms with Gasteiger partial charge in [0.15, 0.2) is 0 Å². The third kappa shape index (κ3) is 5.13. The molecule has 0 fully saturated rings. The highest BCUT2D eigenvalue weighted by Crippen LogP contribution is 2.33. The first-order valence-corrected chi connectivity index (χ1v) is 11.0. The molecule has 158 valence electrons. The summed E-state index contributed by atoms with van der Waals surface area (Å²) in [5.41, 5.74) is 1.78. The second-order valence-electron chi connectivity index (χ2n) is 6.54. The first-order valence-electron chi connectivity index (χ1n) is 9.40. The average molecular weight is 499 g/mol. The van der Waals surface area contributed by atoms with Crippen molar-refractivity contribution in [3.8, 4) is 17.4 Å². The smallest absolute Gasteiger partial charge is 0.341 e. The lowest BCUT2D eigenvalue weighted by Gasteiger charge is -2.06. The number of halogens is 1. The summed E-state index contributed by atoms with van der Waals surface area (Å²) >= 11 is 4.65. The molecular weight excluding hydrogens is 480 g/mol. The van der Waals surface area contributed by atoms with Gasteiger partial charge in [-0.2, -0.15) is 5.26 Å². The number of thiophene rings is 1. The van der Waals surface area contributed by atoms with Crippen LogP contribution < -0.4 is 5.32 Å². The Morgan fingerprint density at radius 3 is 2.58 bits per heavy atom. The van der Waals surface area contributed by atoms with Gasteiger partial charge in [0, 0.05) is 21.0 Å². The molecule has 3 rings (SSSR count). The molecule has 1 aromatic carbocycles. The Balaban J connectivity index is 1.84. The standard InChI is InChI=1S/C23H19BrN2O4S/c1-4-29-23(28)20-13(2)14(3)31-22(20)26-21(27)16(12-25)11-18-9-10-19(30-18)15-5-7-17(24)8-6-15/h5-11H,4H2,1-3H3,(H,26,27)/b16-11+. The number of nitrogens with zero attached hydrogens (tertiary/aromatic N) is 1. The van der Waals surface area contributed by atoms with E-state index in [1.807, 2.05) is 37.3 Å². The van der Waals surface area contributed by atoms with Crippen molar-refractivity contribution in [2.75, 3.05) is 11.9 Å². The predicted octanol–water partition coefficient (Wildman–Crippen LogP) is 6.11. The van der Waals surface area contributed by atoms with Crippen molar-refractivity contribution in [3.05, 3.63) is 68.2 Å². The number of nitriles is 1. The molecule has 6 nitrogen and oxygen atoms in total. The molecule has 0 bridgehead atoms. The fourth-order valence-electron chi connectivity index (χ4n) is 2.83. The van der Waals surface area contributed by atoms with Crippen molar-refractivity contribution in [1.29, 1.82) is 5.26 Å². The van der Waals surface area contributed by atoms with Crippen LogP contribution in [0.3, 0.4) is 0 Å². The van der Waals surface area contributed by atoms with E-state index in [2.05, 4.69) is 21.2 Å². The summed E-state index contributed by atoms with van der Waals surface area (Å²) in [6.45, 7) is 5.59. The van der Waals surface area contributed by atoms with Gasteiger partial charge in [-0.25, -0.2) is 4.79 Å². The summed E-state index contributed by atoms with van der Waals surface area (Å²) in [6.07, 6.45) is 1.37. The SMILES string of the molecule is CCOC(=O)c1c(NC(=O)/C(C#N)=C/c2ccc(-c3ccc(Br)cc3)o2)sc(C)c1C. The zero-order valence-corrected chi connectivity index (χ0v) is 19.5. The number of benzene rings is 1. The number of aryl methyl sites for hydroxylation is 1. The summed E-state index contributed by atoms with van der Waals surface area (Å²) in [4.78, 5) is 25.9. The number of hydrogen-bond acceptors (Lipinski definition) is 6. The van der Waals surface area contributed by atoms with E-state index in [0.29, 0.717) is 22.1 Å². The highest BCUT2D eigenvalue weighted by atomic mass is 79.9. The summed E-state index contributed by atoms with van der Waals surface area (Å²) < 4.78 is 11.8. The van der Waals surface area contributed by atoms with Gasteiger partial charge in [-0.15, -0.1) is 11.3 Å². The average Bonchev–Trinajstić information content (AvgIpc) is 3.31. The van der Waals surface area contributed by atoms with Crippen LogP contribution in [0.15, 0.2) is 50.9 Å². The maximum absolute atomic E-state index is 12.7. The van der Waals surface area contributed by atoms with Gasteiger partial charge in [-0.1, -0.05) is 28.1 Å². The minimum atomic E-state index is -0.629. The van der Waals surface area contributed by atoms with Crippen molar-refractivity contribution in [3.63, 3.8) is 0 Å². The number of nitrogens with one attached hydrogen (secondary N) is 1. The second kappa shape index (κ2) is 9.77. The topological polar surface area (TPSA) is 92.3 Å². The number of esters is 1. The Labute approximate surface area is 192 Å². The molecule has 0 aliphatic heterocycles. The third-order valence-corrected chi connectivity index (χ3v) is 6.15. The fraction of sp³-hybridized carbons (Fsp3) is 0.174. The Hall–Kier alpha value is -3.15. The van der Waals surface area contributed by atoms with Crippen LogP contribution in [0.2, 0.25) is 0 Å². The summed E-state index contributed by atoms with van der Waals surface area (Å²) in [5, 5.41) is 12.5. The van der Waals surface area contributed by atoms with Gasteiger partial charge in [0.25, 0.3) is 5.91 Å². The van der Waals surface area contributed by atoms with Crippen molar-refractivity contribution in [2.24, 2.45) is 0 Å². The quantitative estimate of drug-likeness (QED) is 0.251. The number of carbonyl (C=O) groups is 2. The minimum absolute atomic E-state index is 0.143. The van der Waals surface area contributed by atoms with Crippen LogP contribution in [0.4, 0.5) is 5.00 Å². The molecule has 3 aromatic rings. The first-order chi connectivity index (χ1) is 14.8. The van der Waals surface area contributed by atoms with Crippen molar-refractivity contribution in [2.45, 2.75) is 20.8 Å². The number of ether oxygens (including phenoxy) is 1. The lowest BCUT2D eigenvalue weighted by Crippen LogP contribution is -2.16. The van der Waals surface area contributed by atoms with E-state index in [1.54, 1.807) is 26.0 Å². The Bertz CT molecular complexity index is 1200. The molecule has 0 saturated heterocycles. The van der Waals surface area contributed by atoms with Crippen LogP contribution in [0.1, 0.15) is 33.5 Å². The molecule has 0 aliphatic carbocycles. The predicted molar refractivity (Wildman–Crippen MR) is 124 cm³/mol. The van der Waals surface area contributed by atoms with Gasteiger partial charge in [0.2, 0.25) is 0 Å². The van der Waals surface area contributed by atoms with E-state index < -0.39 is 11.9 Å². The van der Waals surface area contributed by atoms with Gasteiger partial charge in [0.1, 0.15) is 28.2 Å². The molecule has 0 unspecified atom stereocenters. The van der Waals surface area contributed by atoms with Gasteiger partial charge in [0.05, 0.1) is 12.2 Å². The zero-order valence-electron chi connectivity index (χ0n) is 17.1. The lowest BCUT2D eigenvalue weighted by molar-refractivity contribution is -0.112. The van der Waals surface area contributed by atoms with Crippen molar-refractivity contribution in [1.82, 2.24) is 0 Å². The maximum atomic E-state index is 12.7. The Morgan fingerprint density at radius 1 is 1.23 bits per heavy atom. The third-order valence-electron chi connectivity index (χ3n) is 4.50.